The van der Waals surface area contributed by atoms with Crippen LogP contribution in [0.5, 0.6) is 0 Å². The number of carbonyl (C=O) groups is 1. The van der Waals surface area contributed by atoms with E-state index in [1.807, 2.05) is 20.8 Å². The fraction of sp³-hybridized carbons (Fsp3) is 0.533. The van der Waals surface area contributed by atoms with E-state index in [2.05, 4.69) is 26.2 Å². The van der Waals surface area contributed by atoms with Gasteiger partial charge in [-0.05, 0) is 42.8 Å². The predicted octanol–water partition coefficient (Wildman–Crippen LogP) is 3.20. The van der Waals surface area contributed by atoms with Gasteiger partial charge in [0.15, 0.2) is 0 Å². The van der Waals surface area contributed by atoms with Crippen molar-refractivity contribution in [2.24, 2.45) is 5.92 Å². The first kappa shape index (κ1) is 16.2. The molecule has 1 amide bonds. The summed E-state index contributed by atoms with van der Waals surface area (Å²) < 4.78 is 21.1. The van der Waals surface area contributed by atoms with Gasteiger partial charge in [-0.2, -0.15) is 0 Å². The van der Waals surface area contributed by atoms with Gasteiger partial charge in [0.25, 0.3) is 0 Å². The van der Waals surface area contributed by atoms with Crippen LogP contribution in [0.1, 0.15) is 20.8 Å². The fourth-order valence-electron chi connectivity index (χ4n) is 2.54. The summed E-state index contributed by atoms with van der Waals surface area (Å²) in [7, 11) is 0. The number of fused-ring (bicyclic) bond motifs is 1. The molecule has 0 atom stereocenters. The number of ether oxygens (including phenoxy) is 1. The highest BCUT2D eigenvalue weighted by Gasteiger charge is 2.34. The van der Waals surface area contributed by atoms with Gasteiger partial charge in [-0.25, -0.2) is 13.9 Å². The van der Waals surface area contributed by atoms with Gasteiger partial charge in [0, 0.05) is 31.6 Å². The number of amides is 1. The maximum absolute atomic E-state index is 13.5. The average Bonchev–Trinajstić information content (AvgIpc) is 2.74. The molecule has 0 unspecified atom stereocenters. The number of aromatic nitrogens is 3. The van der Waals surface area contributed by atoms with Crippen molar-refractivity contribution in [3.63, 3.8) is 0 Å². The quantitative estimate of drug-likeness (QED) is 0.797. The number of hydrogen-bond donors (Lipinski definition) is 0. The van der Waals surface area contributed by atoms with Gasteiger partial charge in [0.1, 0.15) is 16.9 Å². The first-order chi connectivity index (χ1) is 10.7. The molecule has 1 aromatic carbocycles. The largest absolute Gasteiger partial charge is 0.444 e. The van der Waals surface area contributed by atoms with Crippen LogP contribution in [0.25, 0.3) is 11.0 Å². The Hall–Kier alpha value is -1.70. The van der Waals surface area contributed by atoms with Gasteiger partial charge in [-0.1, -0.05) is 5.21 Å². The molecule has 1 aliphatic rings. The van der Waals surface area contributed by atoms with Crippen LogP contribution >= 0.6 is 15.9 Å². The highest BCUT2D eigenvalue weighted by atomic mass is 79.9. The number of likely N-dealkylation sites (tertiary alicyclic amines) is 1. The first-order valence-corrected chi connectivity index (χ1v) is 8.18. The summed E-state index contributed by atoms with van der Waals surface area (Å²) in [4.78, 5) is 13.6. The van der Waals surface area contributed by atoms with Crippen molar-refractivity contribution in [3.8, 4) is 0 Å². The summed E-state index contributed by atoms with van der Waals surface area (Å²) in [5.74, 6) is -0.0774. The zero-order valence-corrected chi connectivity index (χ0v) is 14.8. The fourth-order valence-corrected chi connectivity index (χ4v) is 3.04. The minimum Gasteiger partial charge on any atom is -0.444 e. The number of rotatable bonds is 2. The summed E-state index contributed by atoms with van der Waals surface area (Å²) in [6.07, 6.45) is -0.300. The minimum absolute atomic E-state index is 0.259. The third-order valence-corrected chi connectivity index (χ3v) is 4.18. The van der Waals surface area contributed by atoms with Crippen LogP contribution in [0.4, 0.5) is 9.18 Å². The van der Waals surface area contributed by atoms with Gasteiger partial charge in [-0.15, -0.1) is 5.10 Å². The summed E-state index contributed by atoms with van der Waals surface area (Å²) in [5.41, 5.74) is 0.788. The van der Waals surface area contributed by atoms with Crippen molar-refractivity contribution in [3.05, 3.63) is 22.4 Å². The van der Waals surface area contributed by atoms with Crippen LogP contribution in [0.15, 0.2) is 16.6 Å². The highest BCUT2D eigenvalue weighted by molar-refractivity contribution is 9.10. The predicted molar refractivity (Wildman–Crippen MR) is 86.5 cm³/mol. The Morgan fingerprint density at radius 3 is 2.78 bits per heavy atom. The lowest BCUT2D eigenvalue weighted by molar-refractivity contribution is -0.00371. The minimum atomic E-state index is -0.492. The van der Waals surface area contributed by atoms with Gasteiger partial charge < -0.3 is 9.64 Å². The van der Waals surface area contributed by atoms with E-state index in [4.69, 9.17) is 4.74 Å². The molecule has 0 saturated carbocycles. The van der Waals surface area contributed by atoms with Crippen molar-refractivity contribution in [2.45, 2.75) is 32.9 Å². The number of halogens is 2. The molecule has 124 valence electrons. The smallest absolute Gasteiger partial charge is 0.410 e. The number of benzene rings is 1. The maximum Gasteiger partial charge on any atom is 0.410 e. The standard InChI is InChI=1S/C15H18BrFN4O2/c1-15(2,3)23-14(22)20-6-9(7-20)8-21-12-5-10(17)4-11(16)13(12)18-19-21/h4-5,9H,6-8H2,1-3H3. The van der Waals surface area contributed by atoms with Gasteiger partial charge >= 0.3 is 6.09 Å². The van der Waals surface area contributed by atoms with Gasteiger partial charge in [-0.3, -0.25) is 0 Å². The second kappa shape index (κ2) is 5.74. The molecule has 0 radical (unpaired) electrons. The lowest BCUT2D eigenvalue weighted by Crippen LogP contribution is -2.52. The van der Waals surface area contributed by atoms with Crippen LogP contribution in [-0.2, 0) is 11.3 Å². The zero-order chi connectivity index (χ0) is 16.8. The number of carbonyl (C=O) groups excluding carboxylic acids is 1. The molecule has 3 rings (SSSR count). The van der Waals surface area contributed by atoms with Crippen molar-refractivity contribution in [2.75, 3.05) is 13.1 Å². The molecule has 0 N–H and O–H groups in total. The lowest BCUT2D eigenvalue weighted by atomic mass is 10.0. The van der Waals surface area contributed by atoms with Crippen LogP contribution < -0.4 is 0 Å². The monoisotopic (exact) mass is 384 g/mol. The maximum atomic E-state index is 13.5. The van der Waals surface area contributed by atoms with E-state index in [1.54, 1.807) is 9.58 Å². The van der Waals surface area contributed by atoms with E-state index >= 15 is 0 Å². The molecule has 1 saturated heterocycles. The molecular formula is C15H18BrFN4O2. The van der Waals surface area contributed by atoms with E-state index in [9.17, 15) is 9.18 Å². The molecule has 8 heteroatoms. The lowest BCUT2D eigenvalue weighted by Gasteiger charge is -2.39. The van der Waals surface area contributed by atoms with Crippen molar-refractivity contribution < 1.29 is 13.9 Å². The van der Waals surface area contributed by atoms with Gasteiger partial charge in [0.2, 0.25) is 0 Å². The van der Waals surface area contributed by atoms with Gasteiger partial charge in [0.05, 0.1) is 9.99 Å². The van der Waals surface area contributed by atoms with E-state index in [-0.39, 0.29) is 17.8 Å². The molecule has 1 aromatic heterocycles. The molecule has 2 aromatic rings. The van der Waals surface area contributed by atoms with Crippen LogP contribution in [-0.4, -0.2) is 44.7 Å². The summed E-state index contributed by atoms with van der Waals surface area (Å²) in [5, 5.41) is 8.15. The SMILES string of the molecule is CC(C)(C)OC(=O)N1CC(Cn2nnc3c(Br)cc(F)cc32)C1. The average molecular weight is 385 g/mol. The Morgan fingerprint density at radius 1 is 1.43 bits per heavy atom. The van der Waals surface area contributed by atoms with E-state index in [0.717, 1.165) is 0 Å². The molecule has 23 heavy (non-hydrogen) atoms. The topological polar surface area (TPSA) is 60.2 Å². The highest BCUT2D eigenvalue weighted by Crippen LogP contribution is 2.26. The molecule has 0 bridgehead atoms. The van der Waals surface area contributed by atoms with Crippen molar-refractivity contribution in [1.29, 1.82) is 0 Å². The summed E-state index contributed by atoms with van der Waals surface area (Å²) >= 11 is 3.29. The second-order valence-electron chi connectivity index (χ2n) is 6.78. The summed E-state index contributed by atoms with van der Waals surface area (Å²) in [6.45, 7) is 7.33. The molecule has 0 aliphatic carbocycles. The number of hydrogen-bond acceptors (Lipinski definition) is 4. The Labute approximate surface area is 141 Å². The molecule has 0 spiro atoms. The molecule has 2 heterocycles. The third kappa shape index (κ3) is 3.46. The molecule has 1 fully saturated rings. The van der Waals surface area contributed by atoms with Crippen molar-refractivity contribution in [1.82, 2.24) is 19.9 Å². The van der Waals surface area contributed by atoms with Crippen LogP contribution in [0.3, 0.4) is 0 Å². The second-order valence-corrected chi connectivity index (χ2v) is 7.63. The van der Waals surface area contributed by atoms with Crippen molar-refractivity contribution >= 4 is 33.1 Å². The van der Waals surface area contributed by atoms with Crippen LogP contribution in [0, 0.1) is 11.7 Å². The van der Waals surface area contributed by atoms with Crippen LogP contribution in [0.2, 0.25) is 0 Å². The Kier molecular flexibility index (Phi) is 4.03. The first-order valence-electron chi connectivity index (χ1n) is 7.39. The normalized spacial score (nSPS) is 15.8. The molecule has 1 aliphatic heterocycles. The Bertz CT molecular complexity index is 750. The van der Waals surface area contributed by atoms with E-state index in [0.29, 0.717) is 35.1 Å². The Morgan fingerprint density at radius 2 is 2.13 bits per heavy atom. The van der Waals surface area contributed by atoms with E-state index in [1.165, 1.54) is 12.1 Å². The zero-order valence-electron chi connectivity index (χ0n) is 13.2. The summed E-state index contributed by atoms with van der Waals surface area (Å²) in [6, 6.07) is 2.79. The Balaban J connectivity index is 1.64. The van der Waals surface area contributed by atoms with E-state index < -0.39 is 5.60 Å². The number of nitrogens with zero attached hydrogens (tertiary/aromatic N) is 4. The molecular weight excluding hydrogens is 367 g/mol. The molecule has 6 nitrogen and oxygen atoms in total. The third-order valence-electron chi connectivity index (χ3n) is 3.58.